The molecule has 0 spiro atoms. The smallest absolute Gasteiger partial charge is 0.232 e. The Morgan fingerprint density at radius 1 is 1.24 bits per heavy atom. The molecule has 0 amide bonds. The molecule has 0 fully saturated rings. The maximum atomic E-state index is 15.0. The van der Waals surface area contributed by atoms with Gasteiger partial charge in [-0.3, -0.25) is 4.99 Å². The van der Waals surface area contributed by atoms with Crippen molar-refractivity contribution in [2.75, 3.05) is 26.6 Å². The Kier molecular flexibility index (Phi) is 5.88. The van der Waals surface area contributed by atoms with Gasteiger partial charge in [-0.15, -0.1) is 0 Å². The van der Waals surface area contributed by atoms with E-state index in [1.54, 1.807) is 19.9 Å². The van der Waals surface area contributed by atoms with E-state index in [1.807, 2.05) is 0 Å². The summed E-state index contributed by atoms with van der Waals surface area (Å²) in [4.78, 5) is 12.6. The Hall–Kier alpha value is -3.41. The van der Waals surface area contributed by atoms with Gasteiger partial charge in [-0.25, -0.2) is 27.3 Å². The highest BCUT2D eigenvalue weighted by Crippen LogP contribution is 2.41. The fraction of sp³-hybridized carbons (Fsp3) is 0.364. The fourth-order valence-corrected chi connectivity index (χ4v) is 6.02. The molecule has 12 heteroatoms. The van der Waals surface area contributed by atoms with Crippen LogP contribution in [-0.2, 0) is 15.3 Å². The van der Waals surface area contributed by atoms with E-state index in [0.29, 0.717) is 22.8 Å². The Bertz CT molecular complexity index is 1380. The molecule has 1 aliphatic heterocycles. The van der Waals surface area contributed by atoms with Gasteiger partial charge in [-0.05, 0) is 32.0 Å². The van der Waals surface area contributed by atoms with Gasteiger partial charge >= 0.3 is 0 Å². The second-order valence-corrected chi connectivity index (χ2v) is 11.3. The number of ether oxygens (including phenoxy) is 1. The molecule has 3 heterocycles. The molecule has 34 heavy (non-hydrogen) atoms. The number of methoxy groups -OCH3 is 1. The molecule has 0 bridgehead atoms. The molecule has 4 rings (SSSR count). The molecule has 180 valence electrons. The zero-order chi connectivity index (χ0) is 24.7. The molecule has 1 aromatic carbocycles. The van der Waals surface area contributed by atoms with Crippen molar-refractivity contribution in [3.05, 3.63) is 48.0 Å². The average molecular weight is 491 g/mol. The largest absolute Gasteiger partial charge is 0.480 e. The van der Waals surface area contributed by atoms with Gasteiger partial charge in [-0.2, -0.15) is 0 Å². The Labute approximate surface area is 195 Å². The lowest BCUT2D eigenvalue weighted by molar-refractivity contribution is 0.326. The molecule has 2 atom stereocenters. The number of alkyl halides is 1. The summed E-state index contributed by atoms with van der Waals surface area (Å²) in [5.41, 5.74) is 5.48. The van der Waals surface area contributed by atoms with Gasteiger partial charge in [0, 0.05) is 24.2 Å². The van der Waals surface area contributed by atoms with E-state index in [1.165, 1.54) is 44.8 Å². The normalized spacial score (nSPS) is 23.9. The van der Waals surface area contributed by atoms with E-state index in [4.69, 9.17) is 15.0 Å². The maximum absolute atomic E-state index is 15.0. The monoisotopic (exact) mass is 490 g/mol. The predicted octanol–water partition coefficient (Wildman–Crippen LogP) is 3.36. The topological polar surface area (TPSA) is 129 Å². The first-order valence-electron chi connectivity index (χ1n) is 10.3. The van der Waals surface area contributed by atoms with Crippen molar-refractivity contribution in [2.24, 2.45) is 15.1 Å². The van der Waals surface area contributed by atoms with Crippen LogP contribution < -0.4 is 10.5 Å². The number of nitrogens with zero attached hydrogens (tertiary/aromatic N) is 5. The lowest BCUT2D eigenvalue weighted by Gasteiger charge is -2.41. The molecule has 1 aliphatic rings. The van der Waals surface area contributed by atoms with Crippen LogP contribution >= 0.6 is 0 Å². The van der Waals surface area contributed by atoms with Gasteiger partial charge in [0.25, 0.3) is 0 Å². The Morgan fingerprint density at radius 2 is 2.00 bits per heavy atom. The molecular weight excluding hydrogens is 466 g/mol. The van der Waals surface area contributed by atoms with Gasteiger partial charge in [0.05, 0.1) is 35.0 Å². The lowest BCUT2D eigenvalue weighted by atomic mass is 9.90. The summed E-state index contributed by atoms with van der Waals surface area (Å²) in [6.07, 6.45) is 2.91. The number of hydrogen-bond donors (Lipinski definition) is 1. The lowest BCUT2D eigenvalue weighted by Crippen LogP contribution is -2.56. The first-order valence-corrected chi connectivity index (χ1v) is 12.0. The summed E-state index contributed by atoms with van der Waals surface area (Å²) in [7, 11) is -0.190. The predicted molar refractivity (Wildman–Crippen MR) is 124 cm³/mol. The summed E-state index contributed by atoms with van der Waals surface area (Å²) in [6.45, 7) is 2.15. The summed E-state index contributed by atoms with van der Waals surface area (Å²) < 4.78 is 56.6. The fourth-order valence-electron chi connectivity index (χ4n) is 3.76. The number of nitrogens with two attached hydrogens (primary N) is 1. The highest BCUT2D eigenvalue weighted by molar-refractivity contribution is 7.95. The summed E-state index contributed by atoms with van der Waals surface area (Å²) in [5.74, 6) is -0.438. The van der Waals surface area contributed by atoms with E-state index < -0.39 is 32.5 Å². The molecule has 0 saturated carbocycles. The van der Waals surface area contributed by atoms with E-state index in [0.717, 1.165) is 0 Å². The number of benzene rings is 1. The second-order valence-electron chi connectivity index (χ2n) is 8.35. The zero-order valence-electron chi connectivity index (χ0n) is 19.1. The first kappa shape index (κ1) is 23.7. The standard InChI is InChI=1S/C22H24F2N6O3S/c1-21(2)20(25)29-22(11-23,12-34(21,31)26-3)14-7-13(5-6-15(14)24)18-8-16(30-33-18)17-9-28-19(32-4)10-27-17/h5-10H,11-12H2,1-4H3,(H2,25,29)/t22-,34-/m0/s1. The number of hydrogen-bond acceptors (Lipinski definition) is 9. The van der Waals surface area contributed by atoms with Crippen molar-refractivity contribution < 1.29 is 22.2 Å². The SMILES string of the molecule is CN=[S@]1(=O)C[C@@](CF)(c2cc(-c3cc(-c4cnc(OC)cn4)no3)ccc2F)N=C(N)C1(C)C. The van der Waals surface area contributed by atoms with Crippen molar-refractivity contribution in [1.29, 1.82) is 0 Å². The number of amidine groups is 1. The number of rotatable bonds is 5. The van der Waals surface area contributed by atoms with Crippen LogP contribution in [0.3, 0.4) is 0 Å². The molecule has 0 radical (unpaired) electrons. The van der Waals surface area contributed by atoms with E-state index in [9.17, 15) is 8.60 Å². The van der Waals surface area contributed by atoms with Crippen LogP contribution in [0, 0.1) is 5.82 Å². The third-order valence-corrected chi connectivity index (χ3v) is 9.32. The van der Waals surface area contributed by atoms with Crippen LogP contribution in [0.4, 0.5) is 8.78 Å². The maximum Gasteiger partial charge on any atom is 0.232 e. The van der Waals surface area contributed by atoms with Crippen LogP contribution in [0.5, 0.6) is 5.88 Å². The number of aliphatic imine (C=N–C) groups is 1. The quantitative estimate of drug-likeness (QED) is 0.581. The van der Waals surface area contributed by atoms with Gasteiger partial charge in [0.1, 0.15) is 40.0 Å². The molecule has 3 aromatic rings. The molecule has 2 N–H and O–H groups in total. The van der Waals surface area contributed by atoms with Crippen LogP contribution in [0.1, 0.15) is 19.4 Å². The van der Waals surface area contributed by atoms with Gasteiger partial charge in [0.2, 0.25) is 5.88 Å². The van der Waals surface area contributed by atoms with Crippen molar-refractivity contribution in [3.8, 4) is 28.6 Å². The van der Waals surface area contributed by atoms with Crippen LogP contribution in [0.15, 0.2) is 50.5 Å². The summed E-state index contributed by atoms with van der Waals surface area (Å²) >= 11 is 0. The number of halogens is 2. The molecule has 0 saturated heterocycles. The van der Waals surface area contributed by atoms with Crippen molar-refractivity contribution in [3.63, 3.8) is 0 Å². The third-order valence-electron chi connectivity index (χ3n) is 6.06. The molecule has 0 unspecified atom stereocenters. The molecule has 0 aliphatic carbocycles. The van der Waals surface area contributed by atoms with Crippen molar-refractivity contribution in [1.82, 2.24) is 15.1 Å². The number of aromatic nitrogens is 3. The van der Waals surface area contributed by atoms with E-state index >= 15 is 4.39 Å². The molecule has 9 nitrogen and oxygen atoms in total. The van der Waals surface area contributed by atoms with Crippen LogP contribution in [0.2, 0.25) is 0 Å². The highest BCUT2D eigenvalue weighted by Gasteiger charge is 2.50. The van der Waals surface area contributed by atoms with E-state index in [2.05, 4.69) is 24.5 Å². The Morgan fingerprint density at radius 3 is 2.62 bits per heavy atom. The molecular formula is C22H24F2N6O3S. The zero-order valence-corrected chi connectivity index (χ0v) is 19.9. The Balaban J connectivity index is 1.79. The highest BCUT2D eigenvalue weighted by atomic mass is 32.2. The van der Waals surface area contributed by atoms with Crippen molar-refractivity contribution >= 4 is 15.6 Å². The summed E-state index contributed by atoms with van der Waals surface area (Å²) in [5, 5.41) is 3.99. The minimum atomic E-state index is -3.05. The van der Waals surface area contributed by atoms with Gasteiger partial charge < -0.3 is 15.0 Å². The van der Waals surface area contributed by atoms with E-state index in [-0.39, 0.29) is 22.9 Å². The minimum absolute atomic E-state index is 0.0446. The minimum Gasteiger partial charge on any atom is -0.480 e. The van der Waals surface area contributed by atoms with Gasteiger partial charge in [-0.1, -0.05) is 5.16 Å². The van der Waals surface area contributed by atoms with Crippen molar-refractivity contribution in [2.45, 2.75) is 24.1 Å². The third kappa shape index (κ3) is 3.71. The molecule has 2 aromatic heterocycles. The summed E-state index contributed by atoms with van der Waals surface area (Å²) in [6, 6.07) is 5.65. The first-order chi connectivity index (χ1) is 16.1. The van der Waals surface area contributed by atoms with Crippen LogP contribution in [0.25, 0.3) is 22.7 Å². The second kappa shape index (κ2) is 8.42. The average Bonchev–Trinajstić information content (AvgIpc) is 3.33. The van der Waals surface area contributed by atoms with Crippen LogP contribution in [-0.4, -0.2) is 56.5 Å². The van der Waals surface area contributed by atoms with Gasteiger partial charge in [0.15, 0.2) is 5.76 Å².